The van der Waals surface area contributed by atoms with Gasteiger partial charge in [0.2, 0.25) is 0 Å². The number of furan rings is 1. The van der Waals surface area contributed by atoms with Crippen LogP contribution in [0.4, 0.5) is 0 Å². The van der Waals surface area contributed by atoms with Gasteiger partial charge in [-0.25, -0.2) is 8.42 Å². The van der Waals surface area contributed by atoms with E-state index in [1.165, 1.54) is 7.11 Å². The van der Waals surface area contributed by atoms with Crippen LogP contribution in [0.1, 0.15) is 17.6 Å². The predicted molar refractivity (Wildman–Crippen MR) is 63.8 cm³/mol. The highest BCUT2D eigenvalue weighted by molar-refractivity contribution is 7.91. The topological polar surface area (TPSA) is 85.6 Å². The molecule has 2 unspecified atom stereocenters. The number of esters is 1. The van der Waals surface area contributed by atoms with Gasteiger partial charge in [-0.1, -0.05) is 0 Å². The fraction of sp³-hybridized carbons (Fsp3) is 0.545. The molecule has 18 heavy (non-hydrogen) atoms. The molecule has 1 aliphatic heterocycles. The van der Waals surface area contributed by atoms with Crippen molar-refractivity contribution in [3.05, 3.63) is 23.7 Å². The van der Waals surface area contributed by atoms with Crippen LogP contribution in [0.2, 0.25) is 0 Å². The molecule has 1 aliphatic rings. The molecule has 0 bridgehead atoms. The molecule has 1 saturated heterocycles. The van der Waals surface area contributed by atoms with Crippen LogP contribution in [0.25, 0.3) is 0 Å². The van der Waals surface area contributed by atoms with Crippen molar-refractivity contribution in [1.29, 1.82) is 0 Å². The summed E-state index contributed by atoms with van der Waals surface area (Å²) in [7, 11) is -2.07. The lowest BCUT2D eigenvalue weighted by atomic mass is 10.2. The third-order valence-corrected chi connectivity index (χ3v) is 4.52. The fourth-order valence-corrected chi connectivity index (χ4v) is 3.64. The zero-order chi connectivity index (χ0) is 13.3. The molecule has 1 N–H and O–H groups in total. The summed E-state index contributed by atoms with van der Waals surface area (Å²) in [5, 5.41) is 2.94. The highest BCUT2D eigenvalue weighted by atomic mass is 32.2. The zero-order valence-corrected chi connectivity index (χ0v) is 11.0. The summed E-state index contributed by atoms with van der Waals surface area (Å²) in [6, 6.07) is 2.11. The van der Waals surface area contributed by atoms with Crippen LogP contribution in [0.3, 0.4) is 0 Å². The third kappa shape index (κ3) is 2.73. The van der Waals surface area contributed by atoms with Gasteiger partial charge in [0.1, 0.15) is 17.6 Å². The fourth-order valence-electron chi connectivity index (χ4n) is 2.00. The average Bonchev–Trinajstić information content (AvgIpc) is 2.72. The Bertz CT molecular complexity index is 548. The van der Waals surface area contributed by atoms with Gasteiger partial charge in [-0.05, 0) is 19.1 Å². The quantitative estimate of drug-likeness (QED) is 0.774. The van der Waals surface area contributed by atoms with Gasteiger partial charge in [0, 0.05) is 0 Å². The molecular formula is C11H15NO5S. The maximum absolute atomic E-state index is 11.8. The molecule has 0 aliphatic carbocycles. The molecule has 2 heterocycles. The molecule has 0 aromatic carbocycles. The smallest absolute Gasteiger partial charge is 0.323 e. The zero-order valence-electron chi connectivity index (χ0n) is 10.2. The lowest BCUT2D eigenvalue weighted by molar-refractivity contribution is -0.142. The minimum Gasteiger partial charge on any atom is -0.468 e. The van der Waals surface area contributed by atoms with E-state index in [-0.39, 0.29) is 11.5 Å². The van der Waals surface area contributed by atoms with E-state index < -0.39 is 27.9 Å². The van der Waals surface area contributed by atoms with E-state index in [1.807, 2.05) is 0 Å². The summed E-state index contributed by atoms with van der Waals surface area (Å²) >= 11 is 0. The molecule has 6 nitrogen and oxygen atoms in total. The van der Waals surface area contributed by atoms with Gasteiger partial charge in [0.15, 0.2) is 9.84 Å². The van der Waals surface area contributed by atoms with Crippen LogP contribution in [-0.4, -0.2) is 39.0 Å². The van der Waals surface area contributed by atoms with E-state index in [0.29, 0.717) is 11.5 Å². The Morgan fingerprint density at radius 3 is 2.72 bits per heavy atom. The Labute approximate surface area is 105 Å². The lowest BCUT2D eigenvalue weighted by Gasteiger charge is -2.27. The van der Waals surface area contributed by atoms with Crippen molar-refractivity contribution in [1.82, 2.24) is 5.32 Å². The molecule has 1 aromatic heterocycles. The number of ether oxygens (including phenoxy) is 1. The van der Waals surface area contributed by atoms with Crippen molar-refractivity contribution in [3.8, 4) is 0 Å². The minimum absolute atomic E-state index is 0.0759. The molecule has 1 fully saturated rings. The van der Waals surface area contributed by atoms with Crippen LogP contribution in [0, 0.1) is 6.92 Å². The van der Waals surface area contributed by atoms with Gasteiger partial charge in [0.05, 0.1) is 24.7 Å². The number of hydrogen-bond acceptors (Lipinski definition) is 6. The number of carbonyl (C=O) groups is 1. The van der Waals surface area contributed by atoms with Gasteiger partial charge in [-0.3, -0.25) is 10.1 Å². The van der Waals surface area contributed by atoms with Crippen molar-refractivity contribution >= 4 is 15.8 Å². The molecule has 2 atom stereocenters. The Hall–Kier alpha value is -1.34. The Morgan fingerprint density at radius 2 is 2.17 bits per heavy atom. The summed E-state index contributed by atoms with van der Waals surface area (Å²) in [4.78, 5) is 11.5. The van der Waals surface area contributed by atoms with Gasteiger partial charge in [-0.2, -0.15) is 0 Å². The van der Waals surface area contributed by atoms with Crippen LogP contribution >= 0.6 is 0 Å². The number of hydrogen-bond donors (Lipinski definition) is 1. The highest BCUT2D eigenvalue weighted by Crippen LogP contribution is 2.23. The van der Waals surface area contributed by atoms with Crippen LogP contribution < -0.4 is 5.32 Å². The van der Waals surface area contributed by atoms with Crippen LogP contribution in [0.5, 0.6) is 0 Å². The molecule has 0 radical (unpaired) electrons. The average molecular weight is 273 g/mol. The van der Waals surface area contributed by atoms with Crippen molar-refractivity contribution in [2.24, 2.45) is 0 Å². The molecule has 0 spiro atoms. The number of methoxy groups -OCH3 is 1. The minimum atomic E-state index is -3.30. The standard InChI is InChI=1S/C11H15NO5S/c1-7-3-4-10(17-7)8-5-18(14,15)6-9(12-8)11(13)16-2/h3-4,8-9,12H,5-6H2,1-2H3. The maximum Gasteiger partial charge on any atom is 0.323 e. The Kier molecular flexibility index (Phi) is 3.45. The number of sulfone groups is 1. The summed E-state index contributed by atoms with van der Waals surface area (Å²) in [6.45, 7) is 1.78. The molecule has 7 heteroatoms. The first kappa shape index (κ1) is 13.1. The van der Waals surface area contributed by atoms with E-state index in [4.69, 9.17) is 4.42 Å². The van der Waals surface area contributed by atoms with Crippen LogP contribution in [-0.2, 0) is 19.4 Å². The van der Waals surface area contributed by atoms with E-state index in [9.17, 15) is 13.2 Å². The molecule has 2 rings (SSSR count). The maximum atomic E-state index is 11.8. The van der Waals surface area contributed by atoms with Gasteiger partial charge >= 0.3 is 5.97 Å². The van der Waals surface area contributed by atoms with Crippen LogP contribution in [0.15, 0.2) is 16.5 Å². The Morgan fingerprint density at radius 1 is 1.44 bits per heavy atom. The second-order valence-corrected chi connectivity index (χ2v) is 6.47. The Balaban J connectivity index is 2.24. The second-order valence-electron chi connectivity index (χ2n) is 4.32. The number of nitrogens with one attached hydrogen (secondary N) is 1. The van der Waals surface area contributed by atoms with E-state index in [1.54, 1.807) is 19.1 Å². The summed E-state index contributed by atoms with van der Waals surface area (Å²) in [5.74, 6) is 0.323. The summed E-state index contributed by atoms with van der Waals surface area (Å²) in [6.07, 6.45) is 0. The van der Waals surface area contributed by atoms with E-state index in [0.717, 1.165) is 0 Å². The van der Waals surface area contributed by atoms with Gasteiger partial charge < -0.3 is 9.15 Å². The molecule has 0 amide bonds. The van der Waals surface area contributed by atoms with Gasteiger partial charge in [-0.15, -0.1) is 0 Å². The SMILES string of the molecule is COC(=O)C1CS(=O)(=O)CC(c2ccc(C)o2)N1. The molecule has 1 aromatic rings. The van der Waals surface area contributed by atoms with Crippen molar-refractivity contribution in [2.45, 2.75) is 19.0 Å². The molecular weight excluding hydrogens is 258 g/mol. The number of aryl methyl sites for hydroxylation is 1. The normalized spacial score (nSPS) is 26.8. The van der Waals surface area contributed by atoms with Gasteiger partial charge in [0.25, 0.3) is 0 Å². The predicted octanol–water partition coefficient (Wildman–Crippen LogP) is 0.189. The summed E-state index contributed by atoms with van der Waals surface area (Å²) < 4.78 is 33.5. The van der Waals surface area contributed by atoms with Crippen molar-refractivity contribution < 1.29 is 22.4 Å². The number of carbonyl (C=O) groups excluding carboxylic acids is 1. The largest absolute Gasteiger partial charge is 0.468 e. The molecule has 0 saturated carbocycles. The molecule has 100 valence electrons. The number of rotatable bonds is 2. The monoisotopic (exact) mass is 273 g/mol. The van der Waals surface area contributed by atoms with E-state index in [2.05, 4.69) is 10.1 Å². The first-order valence-electron chi connectivity index (χ1n) is 5.52. The van der Waals surface area contributed by atoms with Crippen molar-refractivity contribution in [2.75, 3.05) is 18.6 Å². The highest BCUT2D eigenvalue weighted by Gasteiger charge is 2.37. The second kappa shape index (κ2) is 4.74. The lowest BCUT2D eigenvalue weighted by Crippen LogP contribution is -2.51. The van der Waals surface area contributed by atoms with Crippen molar-refractivity contribution in [3.63, 3.8) is 0 Å². The first-order valence-corrected chi connectivity index (χ1v) is 7.34. The summed E-state index contributed by atoms with van der Waals surface area (Å²) in [5.41, 5.74) is 0. The van der Waals surface area contributed by atoms with E-state index >= 15 is 0 Å². The first-order chi connectivity index (χ1) is 8.41. The third-order valence-electron chi connectivity index (χ3n) is 2.83.